The molecule has 1 aromatic rings. The molecule has 2 rings (SSSR count). The highest BCUT2D eigenvalue weighted by Gasteiger charge is 2.42. The molecule has 2 atom stereocenters. The van der Waals surface area contributed by atoms with E-state index < -0.39 is 17.8 Å². The fourth-order valence-corrected chi connectivity index (χ4v) is 2.64. The molecule has 1 fully saturated rings. The van der Waals surface area contributed by atoms with E-state index in [1.165, 1.54) is 12.1 Å². The summed E-state index contributed by atoms with van der Waals surface area (Å²) in [5.41, 5.74) is 0.264. The molecule has 0 amide bonds. The summed E-state index contributed by atoms with van der Waals surface area (Å²) in [5, 5.41) is 11.2. The lowest BCUT2D eigenvalue weighted by Crippen LogP contribution is -2.27. The zero-order chi connectivity index (χ0) is 12.6. The predicted octanol–water partition coefficient (Wildman–Crippen LogP) is 2.15. The fourth-order valence-electron chi connectivity index (χ4n) is 2.34. The molecule has 1 aliphatic heterocycles. The third-order valence-electron chi connectivity index (χ3n) is 3.11. The van der Waals surface area contributed by atoms with Gasteiger partial charge in [0, 0.05) is 22.1 Å². The summed E-state index contributed by atoms with van der Waals surface area (Å²) in [5.74, 6) is -0.951. The van der Waals surface area contributed by atoms with Gasteiger partial charge in [-0.3, -0.25) is 15.0 Å². The van der Waals surface area contributed by atoms with Crippen LogP contribution < -0.4 is 0 Å². The molecule has 4 nitrogen and oxygen atoms in total. The number of nitro groups is 1. The number of likely N-dealkylation sites (tertiary alicyclic amines) is 1. The van der Waals surface area contributed by atoms with Gasteiger partial charge in [0.2, 0.25) is 6.04 Å². The first kappa shape index (κ1) is 12.3. The number of hydrogen-bond donors (Lipinski definition) is 0. The molecular formula is C11H12ClFN2O2. The largest absolute Gasteiger partial charge is 0.299 e. The third-order valence-corrected chi connectivity index (χ3v) is 3.44. The van der Waals surface area contributed by atoms with Crippen LogP contribution in [0.25, 0.3) is 0 Å². The number of rotatable bonds is 2. The second-order valence-corrected chi connectivity index (χ2v) is 4.72. The zero-order valence-electron chi connectivity index (χ0n) is 9.27. The topological polar surface area (TPSA) is 46.4 Å². The summed E-state index contributed by atoms with van der Waals surface area (Å²) in [6.07, 6.45) is 0. The van der Waals surface area contributed by atoms with Crippen LogP contribution in [0.2, 0.25) is 5.02 Å². The van der Waals surface area contributed by atoms with E-state index in [9.17, 15) is 14.5 Å². The minimum absolute atomic E-state index is 0.261. The van der Waals surface area contributed by atoms with Gasteiger partial charge in [0.05, 0.1) is 12.5 Å². The lowest BCUT2D eigenvalue weighted by Gasteiger charge is -2.14. The quantitative estimate of drug-likeness (QED) is 0.603. The number of likely N-dealkylation sites (N-methyl/N-ethyl adjacent to an activating group) is 1. The third kappa shape index (κ3) is 2.25. The molecule has 1 saturated heterocycles. The highest BCUT2D eigenvalue weighted by molar-refractivity contribution is 6.31. The number of nitrogens with zero attached hydrogens (tertiary/aromatic N) is 2. The van der Waals surface area contributed by atoms with Crippen molar-refractivity contribution in [2.75, 3.05) is 20.1 Å². The van der Waals surface area contributed by atoms with Gasteiger partial charge in [-0.2, -0.15) is 0 Å². The van der Waals surface area contributed by atoms with Crippen LogP contribution in [0.5, 0.6) is 0 Å². The Bertz CT molecular complexity index is 435. The van der Waals surface area contributed by atoms with Crippen molar-refractivity contribution in [1.29, 1.82) is 0 Å². The van der Waals surface area contributed by atoms with E-state index in [0.29, 0.717) is 13.1 Å². The molecule has 0 radical (unpaired) electrons. The molecule has 1 aromatic carbocycles. The standard InChI is InChI=1S/C11H12ClFN2O2/c1-14-5-7(10(6-14)15(16)17)11-8(12)3-2-4-9(11)13/h2-4,7,10H,5-6H2,1H3. The van der Waals surface area contributed by atoms with Crippen LogP contribution in [-0.4, -0.2) is 36.0 Å². The Balaban J connectivity index is 2.41. The first-order valence-corrected chi connectivity index (χ1v) is 5.64. The molecule has 2 unspecified atom stereocenters. The minimum atomic E-state index is -0.797. The molecule has 0 aliphatic carbocycles. The van der Waals surface area contributed by atoms with Gasteiger partial charge in [-0.05, 0) is 19.2 Å². The van der Waals surface area contributed by atoms with Crippen molar-refractivity contribution in [2.24, 2.45) is 0 Å². The van der Waals surface area contributed by atoms with Gasteiger partial charge in [-0.25, -0.2) is 4.39 Å². The Morgan fingerprint density at radius 1 is 1.53 bits per heavy atom. The second-order valence-electron chi connectivity index (χ2n) is 4.32. The summed E-state index contributed by atoms with van der Waals surface area (Å²) >= 11 is 5.95. The predicted molar refractivity (Wildman–Crippen MR) is 62.4 cm³/mol. The Morgan fingerprint density at radius 3 is 2.82 bits per heavy atom. The minimum Gasteiger partial charge on any atom is -0.299 e. The molecule has 0 spiro atoms. The summed E-state index contributed by atoms with van der Waals surface area (Å²) in [4.78, 5) is 12.4. The van der Waals surface area contributed by atoms with Crippen molar-refractivity contribution >= 4 is 11.6 Å². The van der Waals surface area contributed by atoms with E-state index in [4.69, 9.17) is 11.6 Å². The van der Waals surface area contributed by atoms with E-state index in [-0.39, 0.29) is 15.5 Å². The molecule has 0 N–H and O–H groups in total. The maximum atomic E-state index is 13.7. The number of halogens is 2. The maximum Gasteiger partial charge on any atom is 0.233 e. The Kier molecular flexibility index (Phi) is 3.31. The van der Waals surface area contributed by atoms with E-state index >= 15 is 0 Å². The van der Waals surface area contributed by atoms with Crippen molar-refractivity contribution in [3.8, 4) is 0 Å². The lowest BCUT2D eigenvalue weighted by molar-refractivity contribution is -0.521. The SMILES string of the molecule is CN1CC(c2c(F)cccc2Cl)C([N+](=O)[O-])C1. The Morgan fingerprint density at radius 2 is 2.24 bits per heavy atom. The van der Waals surface area contributed by atoms with Gasteiger partial charge in [0.15, 0.2) is 0 Å². The van der Waals surface area contributed by atoms with Crippen LogP contribution in [-0.2, 0) is 0 Å². The van der Waals surface area contributed by atoms with Crippen molar-refractivity contribution < 1.29 is 9.31 Å². The summed E-state index contributed by atoms with van der Waals surface area (Å²) in [6.45, 7) is 0.772. The first-order valence-electron chi connectivity index (χ1n) is 5.26. The highest BCUT2D eigenvalue weighted by Crippen LogP contribution is 2.34. The maximum absolute atomic E-state index is 13.7. The molecule has 0 saturated carbocycles. The van der Waals surface area contributed by atoms with Crippen molar-refractivity contribution in [2.45, 2.75) is 12.0 Å². The summed E-state index contributed by atoms with van der Waals surface area (Å²) in [7, 11) is 1.78. The second kappa shape index (κ2) is 4.58. The van der Waals surface area contributed by atoms with Crippen LogP contribution in [0.4, 0.5) is 4.39 Å². The molecule has 1 aliphatic rings. The number of benzene rings is 1. The average Bonchev–Trinajstić information content (AvgIpc) is 2.60. The van der Waals surface area contributed by atoms with Crippen molar-refractivity contribution in [1.82, 2.24) is 4.90 Å². The monoisotopic (exact) mass is 258 g/mol. The van der Waals surface area contributed by atoms with Crippen LogP contribution >= 0.6 is 11.6 Å². The molecule has 92 valence electrons. The molecule has 1 heterocycles. The van der Waals surface area contributed by atoms with Gasteiger partial charge in [-0.15, -0.1) is 0 Å². The van der Waals surface area contributed by atoms with Crippen molar-refractivity contribution in [3.63, 3.8) is 0 Å². The van der Waals surface area contributed by atoms with Gasteiger partial charge < -0.3 is 0 Å². The van der Waals surface area contributed by atoms with Crippen LogP contribution in [0.15, 0.2) is 18.2 Å². The molecule has 17 heavy (non-hydrogen) atoms. The van der Waals surface area contributed by atoms with Gasteiger partial charge in [-0.1, -0.05) is 17.7 Å². The van der Waals surface area contributed by atoms with Crippen LogP contribution in [0.1, 0.15) is 11.5 Å². The van der Waals surface area contributed by atoms with E-state index in [1.54, 1.807) is 13.1 Å². The summed E-state index contributed by atoms with van der Waals surface area (Å²) in [6, 6.07) is 3.56. The normalized spacial score (nSPS) is 25.1. The van der Waals surface area contributed by atoms with Crippen LogP contribution in [0.3, 0.4) is 0 Å². The van der Waals surface area contributed by atoms with E-state index in [0.717, 1.165) is 0 Å². The number of hydrogen-bond acceptors (Lipinski definition) is 3. The lowest BCUT2D eigenvalue weighted by atomic mass is 9.94. The Hall–Kier alpha value is -1.20. The fraction of sp³-hybridized carbons (Fsp3) is 0.455. The molecule has 0 aromatic heterocycles. The van der Waals surface area contributed by atoms with Crippen molar-refractivity contribution in [3.05, 3.63) is 44.7 Å². The molecular weight excluding hydrogens is 247 g/mol. The zero-order valence-corrected chi connectivity index (χ0v) is 10.0. The van der Waals surface area contributed by atoms with Gasteiger partial charge in [0.1, 0.15) is 5.82 Å². The van der Waals surface area contributed by atoms with Crippen LogP contribution in [0, 0.1) is 15.9 Å². The molecule has 6 heteroatoms. The molecule has 0 bridgehead atoms. The highest BCUT2D eigenvalue weighted by atomic mass is 35.5. The van der Waals surface area contributed by atoms with Gasteiger partial charge in [0.25, 0.3) is 0 Å². The Labute approximate surface area is 103 Å². The average molecular weight is 259 g/mol. The van der Waals surface area contributed by atoms with E-state index in [2.05, 4.69) is 0 Å². The first-order chi connectivity index (χ1) is 8.00. The van der Waals surface area contributed by atoms with Gasteiger partial charge >= 0.3 is 0 Å². The smallest absolute Gasteiger partial charge is 0.233 e. The van der Waals surface area contributed by atoms with E-state index in [1.807, 2.05) is 4.90 Å². The summed E-state index contributed by atoms with van der Waals surface area (Å²) < 4.78 is 13.7.